The normalized spacial score (nSPS) is 28.8. The number of rotatable bonds is 8. The Labute approximate surface area is 245 Å². The van der Waals surface area contributed by atoms with E-state index in [1.807, 2.05) is 42.2 Å². The van der Waals surface area contributed by atoms with E-state index in [9.17, 15) is 9.59 Å². The monoisotopic (exact) mass is 558 g/mol. The Kier molecular flexibility index (Phi) is 8.80. The van der Waals surface area contributed by atoms with Gasteiger partial charge in [0.2, 0.25) is 0 Å². The fourth-order valence-electron chi connectivity index (χ4n) is 8.15. The molecule has 1 N–H and O–H groups in total. The summed E-state index contributed by atoms with van der Waals surface area (Å²) in [5, 5.41) is 3.32. The predicted octanol–water partition coefficient (Wildman–Crippen LogP) is 6.01. The molecule has 4 aliphatic rings. The van der Waals surface area contributed by atoms with E-state index in [-0.39, 0.29) is 18.2 Å². The van der Waals surface area contributed by atoms with Crippen molar-refractivity contribution in [1.82, 2.24) is 20.0 Å². The van der Waals surface area contributed by atoms with Crippen LogP contribution in [-0.2, 0) is 11.3 Å². The number of hydrogen-bond acceptors (Lipinski definition) is 4. The molecule has 220 valence electrons. The number of piperidine rings is 1. The number of nitrogens with one attached hydrogen (secondary N) is 1. The summed E-state index contributed by atoms with van der Waals surface area (Å²) >= 11 is 0. The summed E-state index contributed by atoms with van der Waals surface area (Å²) in [7, 11) is 0. The van der Waals surface area contributed by atoms with Crippen LogP contribution in [0.1, 0.15) is 75.3 Å². The van der Waals surface area contributed by atoms with E-state index in [0.29, 0.717) is 43.1 Å². The molecule has 2 aromatic carbocycles. The molecule has 0 spiro atoms. The fourth-order valence-corrected chi connectivity index (χ4v) is 8.15. The quantitative estimate of drug-likeness (QED) is 0.431. The highest BCUT2D eigenvalue weighted by Crippen LogP contribution is 2.45. The van der Waals surface area contributed by atoms with E-state index < -0.39 is 0 Å². The van der Waals surface area contributed by atoms with Crippen molar-refractivity contribution in [1.29, 1.82) is 0 Å². The predicted molar refractivity (Wildman–Crippen MR) is 161 cm³/mol. The maximum Gasteiger partial charge on any atom is 0.410 e. The van der Waals surface area contributed by atoms with E-state index in [0.717, 1.165) is 63.7 Å². The minimum absolute atomic E-state index is 0.166. The van der Waals surface area contributed by atoms with Gasteiger partial charge in [0, 0.05) is 38.3 Å². The summed E-state index contributed by atoms with van der Waals surface area (Å²) in [6.45, 7) is 6.06. The van der Waals surface area contributed by atoms with Gasteiger partial charge in [-0.05, 0) is 68.4 Å². The lowest BCUT2D eigenvalue weighted by Crippen LogP contribution is -2.48. The summed E-state index contributed by atoms with van der Waals surface area (Å²) in [5.41, 5.74) is 2.42. The molecule has 6 rings (SSSR count). The van der Waals surface area contributed by atoms with Gasteiger partial charge in [0.15, 0.2) is 0 Å². The van der Waals surface area contributed by atoms with Crippen LogP contribution in [0.25, 0.3) is 0 Å². The van der Waals surface area contributed by atoms with Gasteiger partial charge in [-0.3, -0.25) is 0 Å². The van der Waals surface area contributed by atoms with Gasteiger partial charge in [-0.1, -0.05) is 73.5 Å². The van der Waals surface area contributed by atoms with Crippen LogP contribution in [-0.4, -0.2) is 77.2 Å². The smallest absolute Gasteiger partial charge is 0.410 e. The van der Waals surface area contributed by atoms with Crippen molar-refractivity contribution in [3.05, 3.63) is 71.8 Å². The third kappa shape index (κ3) is 6.25. The van der Waals surface area contributed by atoms with E-state index >= 15 is 0 Å². The van der Waals surface area contributed by atoms with Crippen molar-refractivity contribution < 1.29 is 14.3 Å². The highest BCUT2D eigenvalue weighted by atomic mass is 16.6. The van der Waals surface area contributed by atoms with Crippen molar-refractivity contribution in [2.75, 3.05) is 26.2 Å². The standard InChI is InChI=1S/C34H46N4O3/c1-2-37(34(40)41-24-25-11-5-3-6-12-25)28-17-19-36(20-18-28)23-27-21-29(22-30(27)26-13-7-4-8-14-26)38-32-16-10-9-15-31(32)35-33(38)39/h3-8,11-14,27-32H,2,9-10,15-24H2,1H3,(H,35,39)/t27-,29?,30-,31+,32+/m1/s1. The molecule has 2 saturated carbocycles. The first-order valence-corrected chi connectivity index (χ1v) is 15.9. The summed E-state index contributed by atoms with van der Waals surface area (Å²) in [5.74, 6) is 0.988. The summed E-state index contributed by atoms with van der Waals surface area (Å²) in [4.78, 5) is 32.9. The zero-order chi connectivity index (χ0) is 28.2. The zero-order valence-electron chi connectivity index (χ0n) is 24.5. The number of likely N-dealkylation sites (tertiary alicyclic amines) is 1. The van der Waals surface area contributed by atoms with E-state index in [1.165, 1.54) is 18.4 Å². The highest BCUT2D eigenvalue weighted by molar-refractivity contribution is 5.78. The number of amides is 3. The van der Waals surface area contributed by atoms with Gasteiger partial charge in [-0.25, -0.2) is 9.59 Å². The van der Waals surface area contributed by atoms with Gasteiger partial charge in [-0.2, -0.15) is 0 Å². The number of hydrogen-bond donors (Lipinski definition) is 1. The van der Waals surface area contributed by atoms with Crippen molar-refractivity contribution in [3.8, 4) is 0 Å². The Morgan fingerprint density at radius 2 is 1.66 bits per heavy atom. The molecular weight excluding hydrogens is 512 g/mol. The second kappa shape index (κ2) is 12.8. The van der Waals surface area contributed by atoms with Crippen LogP contribution in [0.4, 0.5) is 9.59 Å². The summed E-state index contributed by atoms with van der Waals surface area (Å²) < 4.78 is 5.67. The molecule has 5 atom stereocenters. The molecule has 3 amide bonds. The van der Waals surface area contributed by atoms with Gasteiger partial charge in [0.25, 0.3) is 0 Å². The Hall–Kier alpha value is -3.06. The molecule has 4 fully saturated rings. The molecule has 0 bridgehead atoms. The van der Waals surface area contributed by atoms with Crippen LogP contribution in [0.5, 0.6) is 0 Å². The minimum Gasteiger partial charge on any atom is -0.445 e. The Morgan fingerprint density at radius 1 is 0.951 bits per heavy atom. The van der Waals surface area contributed by atoms with Crippen LogP contribution in [0.2, 0.25) is 0 Å². The molecule has 41 heavy (non-hydrogen) atoms. The number of urea groups is 1. The van der Waals surface area contributed by atoms with Crippen LogP contribution >= 0.6 is 0 Å². The lowest BCUT2D eigenvalue weighted by Gasteiger charge is -2.39. The lowest BCUT2D eigenvalue weighted by atomic mass is 9.88. The van der Waals surface area contributed by atoms with Crippen molar-refractivity contribution >= 4 is 12.1 Å². The fraction of sp³-hybridized carbons (Fsp3) is 0.588. The molecule has 2 aliphatic carbocycles. The molecule has 0 radical (unpaired) electrons. The largest absolute Gasteiger partial charge is 0.445 e. The summed E-state index contributed by atoms with van der Waals surface area (Å²) in [6.07, 6.45) is 8.58. The summed E-state index contributed by atoms with van der Waals surface area (Å²) in [6, 6.07) is 22.3. The number of carbonyl (C=O) groups excluding carboxylic acids is 2. The Balaban J connectivity index is 1.07. The average Bonchev–Trinajstić information content (AvgIpc) is 3.57. The topological polar surface area (TPSA) is 65.1 Å². The molecule has 7 nitrogen and oxygen atoms in total. The number of benzene rings is 2. The number of carbonyl (C=O) groups is 2. The molecule has 7 heteroatoms. The SMILES string of the molecule is CCN(C(=O)OCc1ccccc1)C1CCN(C[C@H]2CC(N3C(=O)N[C@H]4CCCC[C@@H]43)C[C@@H]2c2ccccc2)CC1. The minimum atomic E-state index is -0.206. The zero-order valence-corrected chi connectivity index (χ0v) is 24.5. The second-order valence-corrected chi connectivity index (χ2v) is 12.6. The first-order chi connectivity index (χ1) is 20.1. The molecule has 2 aromatic rings. The molecule has 2 saturated heterocycles. The highest BCUT2D eigenvalue weighted by Gasteiger charge is 2.48. The Morgan fingerprint density at radius 3 is 2.39 bits per heavy atom. The van der Waals surface area contributed by atoms with Crippen LogP contribution < -0.4 is 5.32 Å². The van der Waals surface area contributed by atoms with Crippen LogP contribution in [0.15, 0.2) is 60.7 Å². The van der Waals surface area contributed by atoms with Crippen molar-refractivity contribution in [3.63, 3.8) is 0 Å². The maximum absolute atomic E-state index is 13.1. The number of fused-ring (bicyclic) bond motifs is 1. The molecule has 2 aliphatic heterocycles. The molecule has 2 heterocycles. The molecule has 0 aromatic heterocycles. The van der Waals surface area contributed by atoms with Gasteiger partial charge < -0.3 is 24.8 Å². The van der Waals surface area contributed by atoms with Crippen LogP contribution in [0.3, 0.4) is 0 Å². The van der Waals surface area contributed by atoms with Crippen LogP contribution in [0, 0.1) is 5.92 Å². The van der Waals surface area contributed by atoms with E-state index in [4.69, 9.17) is 4.74 Å². The third-order valence-electron chi connectivity index (χ3n) is 10.2. The molecular formula is C34H46N4O3. The van der Waals surface area contributed by atoms with Gasteiger partial charge in [-0.15, -0.1) is 0 Å². The molecule has 1 unspecified atom stereocenters. The Bertz CT molecular complexity index is 1150. The first-order valence-electron chi connectivity index (χ1n) is 15.9. The van der Waals surface area contributed by atoms with Gasteiger partial charge in [0.1, 0.15) is 6.61 Å². The van der Waals surface area contributed by atoms with E-state index in [1.54, 1.807) is 0 Å². The maximum atomic E-state index is 13.1. The average molecular weight is 559 g/mol. The lowest BCUT2D eigenvalue weighted by molar-refractivity contribution is 0.0599. The number of ether oxygens (including phenoxy) is 1. The van der Waals surface area contributed by atoms with Crippen molar-refractivity contribution in [2.24, 2.45) is 5.92 Å². The van der Waals surface area contributed by atoms with E-state index in [2.05, 4.69) is 45.4 Å². The van der Waals surface area contributed by atoms with Crippen molar-refractivity contribution in [2.45, 2.75) is 95.0 Å². The first kappa shape index (κ1) is 28.1. The third-order valence-corrected chi connectivity index (χ3v) is 10.2. The van der Waals surface area contributed by atoms with Gasteiger partial charge >= 0.3 is 12.1 Å². The second-order valence-electron chi connectivity index (χ2n) is 12.6. The number of nitrogens with zero attached hydrogens (tertiary/aromatic N) is 3. The van der Waals surface area contributed by atoms with Gasteiger partial charge in [0.05, 0.1) is 12.1 Å².